The summed E-state index contributed by atoms with van der Waals surface area (Å²) in [5, 5.41) is 0. The zero-order chi connectivity index (χ0) is 10.1. The van der Waals surface area contributed by atoms with Gasteiger partial charge in [-0.2, -0.15) is 0 Å². The van der Waals surface area contributed by atoms with E-state index in [0.717, 1.165) is 31.3 Å². The lowest BCUT2D eigenvalue weighted by Crippen LogP contribution is -2.39. The highest BCUT2D eigenvalue weighted by molar-refractivity contribution is 5.82. The molecule has 2 fully saturated rings. The van der Waals surface area contributed by atoms with Crippen LogP contribution >= 0.6 is 0 Å². The molecule has 1 aliphatic carbocycles. The van der Waals surface area contributed by atoms with Crippen LogP contribution in [0.1, 0.15) is 39.5 Å². The monoisotopic (exact) mass is 195 g/mol. The number of hydrogen-bond acceptors (Lipinski definition) is 2. The van der Waals surface area contributed by atoms with E-state index in [2.05, 4.69) is 18.7 Å². The topological polar surface area (TPSA) is 20.3 Å². The normalized spacial score (nSPS) is 40.4. The van der Waals surface area contributed by atoms with Crippen LogP contribution < -0.4 is 0 Å². The molecule has 0 N–H and O–H groups in total. The highest BCUT2D eigenvalue weighted by Gasteiger charge is 2.31. The molecule has 2 atom stereocenters. The largest absolute Gasteiger partial charge is 0.298 e. The smallest absolute Gasteiger partial charge is 0.148 e. The number of carbonyl (C=O) groups excluding carboxylic acids is 1. The van der Waals surface area contributed by atoms with Crippen molar-refractivity contribution in [3.8, 4) is 0 Å². The van der Waals surface area contributed by atoms with Gasteiger partial charge in [0.25, 0.3) is 0 Å². The van der Waals surface area contributed by atoms with Crippen molar-refractivity contribution >= 4 is 5.78 Å². The lowest BCUT2D eigenvalue weighted by Gasteiger charge is -2.36. The fourth-order valence-electron chi connectivity index (χ4n) is 3.17. The summed E-state index contributed by atoms with van der Waals surface area (Å²) < 4.78 is 0. The van der Waals surface area contributed by atoms with E-state index in [1.165, 1.54) is 19.3 Å². The highest BCUT2D eigenvalue weighted by Crippen LogP contribution is 2.32. The van der Waals surface area contributed by atoms with Gasteiger partial charge in [-0.25, -0.2) is 0 Å². The summed E-state index contributed by atoms with van der Waals surface area (Å²) in [6.45, 7) is 6.44. The summed E-state index contributed by atoms with van der Waals surface area (Å²) in [5.41, 5.74) is 0. The summed E-state index contributed by atoms with van der Waals surface area (Å²) in [6.07, 6.45) is 4.77. The Balaban J connectivity index is 1.93. The Bertz CT molecular complexity index is 216. The van der Waals surface area contributed by atoms with Crippen LogP contribution in [0.4, 0.5) is 0 Å². The van der Waals surface area contributed by atoms with Crippen molar-refractivity contribution in [2.45, 2.75) is 45.6 Å². The van der Waals surface area contributed by atoms with Crippen molar-refractivity contribution in [3.05, 3.63) is 0 Å². The van der Waals surface area contributed by atoms with Crippen molar-refractivity contribution in [3.63, 3.8) is 0 Å². The lowest BCUT2D eigenvalue weighted by atomic mass is 9.80. The summed E-state index contributed by atoms with van der Waals surface area (Å²) >= 11 is 0. The molecule has 1 aliphatic heterocycles. The molecule has 0 amide bonds. The lowest BCUT2D eigenvalue weighted by molar-refractivity contribution is -0.117. The fraction of sp³-hybridized carbons (Fsp3) is 0.917. The summed E-state index contributed by atoms with van der Waals surface area (Å²) in [7, 11) is 0. The van der Waals surface area contributed by atoms with Crippen LogP contribution in [0.5, 0.6) is 0 Å². The summed E-state index contributed by atoms with van der Waals surface area (Å²) in [6, 6.07) is 0.695. The van der Waals surface area contributed by atoms with E-state index in [1.807, 2.05) is 0 Å². The van der Waals surface area contributed by atoms with Gasteiger partial charge < -0.3 is 0 Å². The third kappa shape index (κ3) is 2.17. The molecule has 1 saturated heterocycles. The van der Waals surface area contributed by atoms with Gasteiger partial charge in [0.15, 0.2) is 0 Å². The first-order valence-corrected chi connectivity index (χ1v) is 5.91. The van der Waals surface area contributed by atoms with Crippen LogP contribution in [0.3, 0.4) is 0 Å². The van der Waals surface area contributed by atoms with E-state index in [1.54, 1.807) is 0 Å². The predicted molar refractivity (Wildman–Crippen MR) is 57.2 cm³/mol. The molecule has 2 heteroatoms. The van der Waals surface area contributed by atoms with Gasteiger partial charge in [-0.05, 0) is 31.1 Å². The quantitative estimate of drug-likeness (QED) is 0.638. The number of Topliss-reactive ketones (excluding diaryl/α,β-unsaturated/α-hetero) is 1. The number of nitrogens with zero attached hydrogens (tertiary/aromatic N) is 1. The maximum Gasteiger partial charge on any atom is 0.148 e. The number of ketones is 1. The Morgan fingerprint density at radius 3 is 2.29 bits per heavy atom. The van der Waals surface area contributed by atoms with Crippen molar-refractivity contribution in [2.24, 2.45) is 11.8 Å². The third-order valence-corrected chi connectivity index (χ3v) is 3.73. The molecule has 0 radical (unpaired) electrons. The molecule has 2 unspecified atom stereocenters. The Kier molecular flexibility index (Phi) is 2.91. The molecular weight excluding hydrogens is 174 g/mol. The molecule has 2 aliphatic rings. The van der Waals surface area contributed by atoms with Gasteiger partial charge >= 0.3 is 0 Å². The van der Waals surface area contributed by atoms with Crippen LogP contribution in [-0.4, -0.2) is 29.8 Å². The van der Waals surface area contributed by atoms with Gasteiger partial charge in [0.1, 0.15) is 5.78 Å². The summed E-state index contributed by atoms with van der Waals surface area (Å²) in [4.78, 5) is 13.6. The van der Waals surface area contributed by atoms with Crippen molar-refractivity contribution in [1.82, 2.24) is 4.90 Å². The Morgan fingerprint density at radius 2 is 1.79 bits per heavy atom. The van der Waals surface area contributed by atoms with Gasteiger partial charge in [0.05, 0.1) is 6.54 Å². The van der Waals surface area contributed by atoms with Gasteiger partial charge in [0.2, 0.25) is 0 Å². The van der Waals surface area contributed by atoms with E-state index in [9.17, 15) is 4.79 Å². The van der Waals surface area contributed by atoms with E-state index in [4.69, 9.17) is 0 Å². The minimum Gasteiger partial charge on any atom is -0.298 e. The van der Waals surface area contributed by atoms with E-state index < -0.39 is 0 Å². The number of rotatable bonds is 1. The Labute approximate surface area is 86.7 Å². The second-order valence-electron chi connectivity index (χ2n) is 5.33. The third-order valence-electron chi connectivity index (χ3n) is 3.73. The Morgan fingerprint density at radius 1 is 1.14 bits per heavy atom. The second-order valence-corrected chi connectivity index (χ2v) is 5.33. The Hall–Kier alpha value is -0.370. The predicted octanol–water partition coefficient (Wildman–Crippen LogP) is 2.09. The standard InChI is InChI=1S/C12H21NO/c1-9-5-10(2)7-11(6-9)13-4-3-12(14)8-13/h9-11H,3-8H2,1-2H3. The van der Waals surface area contributed by atoms with Crippen LogP contribution in [0, 0.1) is 11.8 Å². The average molecular weight is 195 g/mol. The zero-order valence-corrected chi connectivity index (χ0v) is 9.33. The van der Waals surface area contributed by atoms with E-state index in [-0.39, 0.29) is 0 Å². The first kappa shape index (κ1) is 10.2. The first-order valence-electron chi connectivity index (χ1n) is 5.91. The first-order chi connectivity index (χ1) is 6.65. The second kappa shape index (κ2) is 4.01. The molecule has 1 heterocycles. The van der Waals surface area contributed by atoms with E-state index >= 15 is 0 Å². The number of carbonyl (C=O) groups is 1. The molecule has 0 aromatic heterocycles. The molecule has 1 saturated carbocycles. The molecule has 0 aromatic carbocycles. The molecule has 2 nitrogen and oxygen atoms in total. The summed E-state index contributed by atoms with van der Waals surface area (Å²) in [5.74, 6) is 2.13. The molecule has 2 rings (SSSR count). The molecule has 80 valence electrons. The van der Waals surface area contributed by atoms with Crippen LogP contribution in [0.15, 0.2) is 0 Å². The van der Waals surface area contributed by atoms with Gasteiger partial charge in [-0.15, -0.1) is 0 Å². The minimum atomic E-state index is 0.441. The van der Waals surface area contributed by atoms with Crippen LogP contribution in [0.25, 0.3) is 0 Å². The maximum atomic E-state index is 11.2. The minimum absolute atomic E-state index is 0.441. The van der Waals surface area contributed by atoms with Crippen molar-refractivity contribution in [2.75, 3.05) is 13.1 Å². The van der Waals surface area contributed by atoms with Gasteiger partial charge in [-0.1, -0.05) is 13.8 Å². The molecule has 0 spiro atoms. The van der Waals surface area contributed by atoms with Crippen molar-refractivity contribution < 1.29 is 4.79 Å². The maximum absolute atomic E-state index is 11.2. The van der Waals surface area contributed by atoms with Gasteiger partial charge in [-0.3, -0.25) is 9.69 Å². The molecule has 0 aromatic rings. The SMILES string of the molecule is CC1CC(C)CC(N2CCC(=O)C2)C1. The van der Waals surface area contributed by atoms with Crippen LogP contribution in [0.2, 0.25) is 0 Å². The molecule has 14 heavy (non-hydrogen) atoms. The van der Waals surface area contributed by atoms with E-state index in [0.29, 0.717) is 11.8 Å². The zero-order valence-electron chi connectivity index (χ0n) is 9.33. The fourth-order valence-corrected chi connectivity index (χ4v) is 3.17. The number of likely N-dealkylation sites (tertiary alicyclic amines) is 1. The highest BCUT2D eigenvalue weighted by atomic mass is 16.1. The van der Waals surface area contributed by atoms with Gasteiger partial charge in [0, 0.05) is 19.0 Å². The molecule has 0 bridgehead atoms. The molecular formula is C12H21NO. The number of hydrogen-bond donors (Lipinski definition) is 0. The average Bonchev–Trinajstić information content (AvgIpc) is 2.50. The van der Waals surface area contributed by atoms with Crippen LogP contribution in [-0.2, 0) is 4.79 Å². The van der Waals surface area contributed by atoms with Crippen molar-refractivity contribution in [1.29, 1.82) is 0 Å².